The molecule has 0 saturated heterocycles. The van der Waals surface area contributed by atoms with Gasteiger partial charge in [0.2, 0.25) is 0 Å². The molecule has 0 bridgehead atoms. The Morgan fingerprint density at radius 1 is 0.895 bits per heavy atom. The molecule has 0 saturated carbocycles. The summed E-state index contributed by atoms with van der Waals surface area (Å²) in [6.07, 6.45) is 23.1. The Morgan fingerprint density at radius 3 is 1.79 bits per heavy atom. The van der Waals surface area contributed by atoms with Gasteiger partial charge in [-0.2, -0.15) is 0 Å². The molecule has 0 N–H and O–H groups in total. The zero-order chi connectivity index (χ0) is 13.5. The third-order valence-electron chi connectivity index (χ3n) is 3.30. The van der Waals surface area contributed by atoms with Crippen LogP contribution in [0.2, 0.25) is 0 Å². The van der Waals surface area contributed by atoms with Crippen LogP contribution in [0.1, 0.15) is 39.5 Å². The standard InChI is InChI=1S/2C9H11.Zr/c2*1-2-3-6-9-7-4-5-8-9;/h2*3-4,6-7H,2,5H2,1H3;/b2*6-3+;. The van der Waals surface area contributed by atoms with Crippen LogP contribution in [0.15, 0.2) is 66.3 Å². The van der Waals surface area contributed by atoms with Crippen LogP contribution >= 0.6 is 0 Å². The second-order valence-electron chi connectivity index (χ2n) is 4.83. The molecule has 2 rings (SSSR count). The first-order valence-corrected chi connectivity index (χ1v) is 9.70. The molecule has 19 heavy (non-hydrogen) atoms. The van der Waals surface area contributed by atoms with Gasteiger partial charge in [0, 0.05) is 0 Å². The topological polar surface area (TPSA) is 0 Å². The Balaban J connectivity index is 2.12. The van der Waals surface area contributed by atoms with Crippen molar-refractivity contribution in [1.29, 1.82) is 0 Å². The molecule has 2 aliphatic rings. The molecule has 0 fully saturated rings. The van der Waals surface area contributed by atoms with Gasteiger partial charge in [0.05, 0.1) is 0 Å². The molecule has 0 radical (unpaired) electrons. The van der Waals surface area contributed by atoms with E-state index in [1.54, 1.807) is 6.56 Å². The number of hydrogen-bond donors (Lipinski definition) is 0. The fourth-order valence-corrected chi connectivity index (χ4v) is 5.78. The van der Waals surface area contributed by atoms with Gasteiger partial charge < -0.3 is 0 Å². The SMILES string of the molecule is CC/C=C/C1=[C]([Zr][C]2=C(/C=C/CC)C=CC2)CC=C1. The van der Waals surface area contributed by atoms with E-state index in [0.29, 0.717) is 0 Å². The summed E-state index contributed by atoms with van der Waals surface area (Å²) < 4.78 is 3.49. The van der Waals surface area contributed by atoms with Crippen LogP contribution in [0, 0.1) is 0 Å². The Hall–Kier alpha value is -0.677. The summed E-state index contributed by atoms with van der Waals surface area (Å²) in [4.78, 5) is 0. The fraction of sp³-hybridized carbons (Fsp3) is 0.333. The van der Waals surface area contributed by atoms with E-state index in [1.807, 2.05) is 0 Å². The van der Waals surface area contributed by atoms with Gasteiger partial charge in [-0.1, -0.05) is 0 Å². The Kier molecular flexibility index (Phi) is 6.05. The van der Waals surface area contributed by atoms with Crippen LogP contribution < -0.4 is 0 Å². The van der Waals surface area contributed by atoms with Gasteiger partial charge in [0.15, 0.2) is 0 Å². The zero-order valence-corrected chi connectivity index (χ0v) is 14.4. The number of allylic oxidation sites excluding steroid dienone is 12. The monoisotopic (exact) mass is 328 g/mol. The predicted molar refractivity (Wildman–Crippen MR) is 80.4 cm³/mol. The van der Waals surface area contributed by atoms with E-state index < -0.39 is 23.2 Å². The molecular formula is C18H22Zr. The summed E-state index contributed by atoms with van der Waals surface area (Å²) in [6.45, 7) is 4.40. The quantitative estimate of drug-likeness (QED) is 0.609. The van der Waals surface area contributed by atoms with Crippen molar-refractivity contribution < 1.29 is 23.2 Å². The molecule has 0 unspecified atom stereocenters. The van der Waals surface area contributed by atoms with Crippen molar-refractivity contribution in [2.45, 2.75) is 39.5 Å². The van der Waals surface area contributed by atoms with Gasteiger partial charge in [-0.3, -0.25) is 0 Å². The van der Waals surface area contributed by atoms with Crippen molar-refractivity contribution >= 4 is 0 Å². The van der Waals surface area contributed by atoms with Crippen LogP contribution in [-0.4, -0.2) is 0 Å². The van der Waals surface area contributed by atoms with Crippen LogP contribution in [0.25, 0.3) is 0 Å². The molecule has 0 amide bonds. The average molecular weight is 330 g/mol. The number of hydrogen-bond acceptors (Lipinski definition) is 0. The van der Waals surface area contributed by atoms with E-state index in [1.165, 1.54) is 24.0 Å². The molecule has 98 valence electrons. The van der Waals surface area contributed by atoms with E-state index in [9.17, 15) is 0 Å². The van der Waals surface area contributed by atoms with E-state index >= 15 is 0 Å². The normalized spacial score (nSPS) is 18.8. The molecule has 0 atom stereocenters. The first kappa shape index (κ1) is 14.7. The molecule has 0 aromatic carbocycles. The molecule has 0 aromatic heterocycles. The van der Waals surface area contributed by atoms with Gasteiger partial charge in [0.25, 0.3) is 0 Å². The molecule has 0 heterocycles. The van der Waals surface area contributed by atoms with Crippen molar-refractivity contribution in [2.75, 3.05) is 0 Å². The molecule has 2 aliphatic carbocycles. The van der Waals surface area contributed by atoms with Crippen molar-refractivity contribution in [3.05, 3.63) is 66.3 Å². The minimum absolute atomic E-state index is 0.565. The van der Waals surface area contributed by atoms with E-state index in [2.05, 4.69) is 62.5 Å². The summed E-state index contributed by atoms with van der Waals surface area (Å²) in [6, 6.07) is 0. The molecule has 0 aliphatic heterocycles. The minimum atomic E-state index is -0.565. The Bertz CT molecular complexity index is 450. The van der Waals surface area contributed by atoms with E-state index in [0.717, 1.165) is 12.8 Å². The predicted octanol–water partition coefficient (Wildman–Crippen LogP) is 5.43. The molecule has 0 aromatic rings. The van der Waals surface area contributed by atoms with Crippen LogP contribution in [0.4, 0.5) is 0 Å². The van der Waals surface area contributed by atoms with E-state index in [-0.39, 0.29) is 0 Å². The summed E-state index contributed by atoms with van der Waals surface area (Å²) in [5.41, 5.74) is 3.01. The molecular weight excluding hydrogens is 307 g/mol. The first-order chi connectivity index (χ1) is 9.35. The van der Waals surface area contributed by atoms with Gasteiger partial charge in [-0.15, -0.1) is 0 Å². The zero-order valence-electron chi connectivity index (χ0n) is 11.9. The van der Waals surface area contributed by atoms with Crippen LogP contribution in [-0.2, 0) is 23.2 Å². The summed E-state index contributed by atoms with van der Waals surface area (Å²) >= 11 is -0.565. The Morgan fingerprint density at radius 2 is 1.37 bits per heavy atom. The van der Waals surface area contributed by atoms with Crippen molar-refractivity contribution in [1.82, 2.24) is 0 Å². The van der Waals surface area contributed by atoms with Crippen LogP contribution in [0.3, 0.4) is 0 Å². The van der Waals surface area contributed by atoms with Gasteiger partial charge >= 0.3 is 129 Å². The van der Waals surface area contributed by atoms with Crippen molar-refractivity contribution in [3.8, 4) is 0 Å². The van der Waals surface area contributed by atoms with Crippen molar-refractivity contribution in [3.63, 3.8) is 0 Å². The molecule has 0 spiro atoms. The van der Waals surface area contributed by atoms with Crippen LogP contribution in [0.5, 0.6) is 0 Å². The maximum absolute atomic E-state index is 2.33. The van der Waals surface area contributed by atoms with Crippen molar-refractivity contribution in [2.24, 2.45) is 0 Å². The third-order valence-corrected chi connectivity index (χ3v) is 7.21. The number of rotatable bonds is 6. The fourth-order valence-electron chi connectivity index (χ4n) is 2.27. The van der Waals surface area contributed by atoms with Gasteiger partial charge in [-0.25, -0.2) is 0 Å². The molecule has 1 heteroatoms. The average Bonchev–Trinajstić information content (AvgIpc) is 3.04. The summed E-state index contributed by atoms with van der Waals surface area (Å²) in [5.74, 6) is 0. The molecule has 0 nitrogen and oxygen atoms in total. The van der Waals surface area contributed by atoms with Gasteiger partial charge in [0.1, 0.15) is 0 Å². The Labute approximate surface area is 128 Å². The second kappa shape index (κ2) is 7.80. The van der Waals surface area contributed by atoms with E-state index in [4.69, 9.17) is 0 Å². The third kappa shape index (κ3) is 4.15. The maximum atomic E-state index is 2.33. The first-order valence-electron chi connectivity index (χ1n) is 7.24. The second-order valence-corrected chi connectivity index (χ2v) is 8.41. The summed E-state index contributed by atoms with van der Waals surface area (Å²) in [7, 11) is 0. The van der Waals surface area contributed by atoms with Gasteiger partial charge in [-0.05, 0) is 0 Å². The summed E-state index contributed by atoms with van der Waals surface area (Å²) in [5, 5.41) is 0.